The number of rotatable bonds is 3. The number of aliphatic hydroxyl groups is 1. The lowest BCUT2D eigenvalue weighted by atomic mass is 9.99. The van der Waals surface area contributed by atoms with E-state index in [4.69, 9.17) is 9.47 Å². The van der Waals surface area contributed by atoms with E-state index in [9.17, 15) is 5.11 Å². The highest BCUT2D eigenvalue weighted by Gasteiger charge is 2.21. The van der Waals surface area contributed by atoms with E-state index in [1.54, 1.807) is 0 Å². The van der Waals surface area contributed by atoms with Gasteiger partial charge in [0.1, 0.15) is 13.2 Å². The van der Waals surface area contributed by atoms with Gasteiger partial charge in [0.05, 0.1) is 6.10 Å². The summed E-state index contributed by atoms with van der Waals surface area (Å²) in [4.78, 5) is 2.36. The summed E-state index contributed by atoms with van der Waals surface area (Å²) in [5.41, 5.74) is 0.910. The summed E-state index contributed by atoms with van der Waals surface area (Å²) in [7, 11) is 0. The monoisotopic (exact) mass is 277 g/mol. The lowest BCUT2D eigenvalue weighted by molar-refractivity contribution is 0.0870. The van der Waals surface area contributed by atoms with E-state index in [0.717, 1.165) is 36.1 Å². The zero-order valence-corrected chi connectivity index (χ0v) is 12.0. The van der Waals surface area contributed by atoms with Crippen molar-refractivity contribution in [3.8, 4) is 11.5 Å². The Balaban J connectivity index is 1.66. The Labute approximate surface area is 120 Å². The summed E-state index contributed by atoms with van der Waals surface area (Å²) in [6.45, 7) is 6.33. The van der Waals surface area contributed by atoms with Gasteiger partial charge in [0.2, 0.25) is 0 Å². The molecular weight excluding hydrogens is 254 g/mol. The Morgan fingerprint density at radius 1 is 1.30 bits per heavy atom. The van der Waals surface area contributed by atoms with Gasteiger partial charge in [0.15, 0.2) is 11.5 Å². The lowest BCUT2D eigenvalue weighted by Crippen LogP contribution is -2.37. The van der Waals surface area contributed by atoms with E-state index in [2.05, 4.69) is 11.8 Å². The van der Waals surface area contributed by atoms with Crippen LogP contribution in [-0.2, 0) is 0 Å². The van der Waals surface area contributed by atoms with Crippen LogP contribution in [-0.4, -0.2) is 42.9 Å². The number of hydrogen-bond acceptors (Lipinski definition) is 4. The first kappa shape index (κ1) is 13.7. The third-order valence-electron chi connectivity index (χ3n) is 4.12. The van der Waals surface area contributed by atoms with E-state index >= 15 is 0 Å². The summed E-state index contributed by atoms with van der Waals surface area (Å²) in [6, 6.07) is 5.74. The SMILES string of the molecule is C[C@@H]1CCCN(C[C@@H](O)c2ccc3c(c2)OCCO3)C1. The van der Waals surface area contributed by atoms with Crippen molar-refractivity contribution >= 4 is 0 Å². The Morgan fingerprint density at radius 3 is 2.90 bits per heavy atom. The maximum Gasteiger partial charge on any atom is 0.161 e. The largest absolute Gasteiger partial charge is 0.486 e. The fraction of sp³-hybridized carbons (Fsp3) is 0.625. The molecule has 1 aromatic carbocycles. The number of fused-ring (bicyclic) bond motifs is 1. The van der Waals surface area contributed by atoms with E-state index < -0.39 is 6.10 Å². The minimum atomic E-state index is -0.462. The highest BCUT2D eigenvalue weighted by molar-refractivity contribution is 5.44. The van der Waals surface area contributed by atoms with Gasteiger partial charge < -0.3 is 19.5 Å². The second-order valence-electron chi connectivity index (χ2n) is 5.93. The van der Waals surface area contributed by atoms with Crippen molar-refractivity contribution in [2.45, 2.75) is 25.9 Å². The zero-order chi connectivity index (χ0) is 13.9. The molecule has 110 valence electrons. The van der Waals surface area contributed by atoms with Crippen molar-refractivity contribution in [2.24, 2.45) is 5.92 Å². The average Bonchev–Trinajstić information content (AvgIpc) is 2.47. The van der Waals surface area contributed by atoms with Gasteiger partial charge >= 0.3 is 0 Å². The van der Waals surface area contributed by atoms with Crippen LogP contribution >= 0.6 is 0 Å². The molecule has 1 N–H and O–H groups in total. The second-order valence-corrected chi connectivity index (χ2v) is 5.93. The van der Waals surface area contributed by atoms with Gasteiger partial charge in [-0.2, -0.15) is 0 Å². The molecule has 20 heavy (non-hydrogen) atoms. The van der Waals surface area contributed by atoms with Crippen LogP contribution in [0.25, 0.3) is 0 Å². The summed E-state index contributed by atoms with van der Waals surface area (Å²) in [6.07, 6.45) is 2.07. The van der Waals surface area contributed by atoms with Gasteiger partial charge in [0, 0.05) is 13.1 Å². The fourth-order valence-electron chi connectivity index (χ4n) is 3.07. The van der Waals surface area contributed by atoms with Crippen molar-refractivity contribution in [3.63, 3.8) is 0 Å². The number of β-amino-alcohol motifs (C(OH)–C–C–N with tert-alkyl or cyclic N) is 1. The molecule has 0 spiro atoms. The predicted octanol–water partition coefficient (Wildman–Crippen LogP) is 2.22. The molecule has 2 aliphatic rings. The van der Waals surface area contributed by atoms with Crippen molar-refractivity contribution in [3.05, 3.63) is 23.8 Å². The molecule has 4 nitrogen and oxygen atoms in total. The van der Waals surface area contributed by atoms with Crippen molar-refractivity contribution in [1.29, 1.82) is 0 Å². The van der Waals surface area contributed by atoms with Crippen molar-refractivity contribution in [2.75, 3.05) is 32.8 Å². The molecule has 4 heteroatoms. The molecule has 1 fully saturated rings. The molecule has 1 aromatic rings. The first-order chi connectivity index (χ1) is 9.72. The van der Waals surface area contributed by atoms with E-state index in [-0.39, 0.29) is 0 Å². The van der Waals surface area contributed by atoms with Crippen LogP contribution in [0.15, 0.2) is 18.2 Å². The molecule has 0 aromatic heterocycles. The van der Waals surface area contributed by atoms with Crippen LogP contribution in [0.2, 0.25) is 0 Å². The maximum absolute atomic E-state index is 10.4. The Hall–Kier alpha value is -1.26. The van der Waals surface area contributed by atoms with Gasteiger partial charge in [-0.15, -0.1) is 0 Å². The topological polar surface area (TPSA) is 41.9 Å². The van der Waals surface area contributed by atoms with Crippen LogP contribution in [0.1, 0.15) is 31.4 Å². The molecule has 3 rings (SSSR count). The van der Waals surface area contributed by atoms with Crippen molar-refractivity contribution in [1.82, 2.24) is 4.90 Å². The zero-order valence-electron chi connectivity index (χ0n) is 12.0. The second kappa shape index (κ2) is 6.02. The smallest absolute Gasteiger partial charge is 0.161 e. The van der Waals surface area contributed by atoms with E-state index in [0.29, 0.717) is 19.8 Å². The highest BCUT2D eigenvalue weighted by atomic mass is 16.6. The van der Waals surface area contributed by atoms with Gasteiger partial charge in [-0.3, -0.25) is 0 Å². The number of piperidine rings is 1. The van der Waals surface area contributed by atoms with Gasteiger partial charge in [-0.1, -0.05) is 13.0 Å². The normalized spacial score (nSPS) is 24.4. The number of hydrogen-bond donors (Lipinski definition) is 1. The number of likely N-dealkylation sites (tertiary alicyclic amines) is 1. The van der Waals surface area contributed by atoms with Crippen LogP contribution in [0, 0.1) is 5.92 Å². The van der Waals surface area contributed by atoms with Crippen LogP contribution in [0.5, 0.6) is 11.5 Å². The standard InChI is InChI=1S/C16H23NO3/c1-12-3-2-6-17(10-12)11-14(18)13-4-5-15-16(9-13)20-8-7-19-15/h4-5,9,12,14,18H,2-3,6-8,10-11H2,1H3/t12-,14-/m1/s1. The molecule has 2 heterocycles. The van der Waals surface area contributed by atoms with Crippen LogP contribution in [0.3, 0.4) is 0 Å². The minimum absolute atomic E-state index is 0.462. The van der Waals surface area contributed by atoms with Crippen LogP contribution < -0.4 is 9.47 Å². The molecular formula is C16H23NO3. The van der Waals surface area contributed by atoms with Gasteiger partial charge in [0.25, 0.3) is 0 Å². The average molecular weight is 277 g/mol. The number of aliphatic hydroxyl groups excluding tert-OH is 1. The molecule has 2 atom stereocenters. The van der Waals surface area contributed by atoms with Crippen LogP contribution in [0.4, 0.5) is 0 Å². The molecule has 0 radical (unpaired) electrons. The minimum Gasteiger partial charge on any atom is -0.486 e. The number of benzene rings is 1. The number of ether oxygens (including phenoxy) is 2. The molecule has 0 saturated carbocycles. The number of nitrogens with zero attached hydrogens (tertiary/aromatic N) is 1. The Bertz CT molecular complexity index is 463. The third-order valence-corrected chi connectivity index (χ3v) is 4.12. The fourth-order valence-corrected chi connectivity index (χ4v) is 3.07. The molecule has 0 amide bonds. The van der Waals surface area contributed by atoms with Gasteiger partial charge in [-0.25, -0.2) is 0 Å². The summed E-state index contributed by atoms with van der Waals surface area (Å²) < 4.78 is 11.1. The lowest BCUT2D eigenvalue weighted by Gasteiger charge is -2.32. The van der Waals surface area contributed by atoms with E-state index in [1.807, 2.05) is 18.2 Å². The van der Waals surface area contributed by atoms with Crippen molar-refractivity contribution < 1.29 is 14.6 Å². The maximum atomic E-state index is 10.4. The summed E-state index contributed by atoms with van der Waals surface area (Å²) in [5, 5.41) is 10.4. The quantitative estimate of drug-likeness (QED) is 0.920. The van der Waals surface area contributed by atoms with Gasteiger partial charge in [-0.05, 0) is 43.0 Å². The molecule has 1 saturated heterocycles. The highest BCUT2D eigenvalue weighted by Crippen LogP contribution is 2.33. The third kappa shape index (κ3) is 3.07. The predicted molar refractivity (Wildman–Crippen MR) is 77.2 cm³/mol. The molecule has 2 aliphatic heterocycles. The molecule has 0 unspecified atom stereocenters. The summed E-state index contributed by atoms with van der Waals surface area (Å²) in [5.74, 6) is 2.26. The van der Waals surface area contributed by atoms with E-state index in [1.165, 1.54) is 12.8 Å². The molecule has 0 aliphatic carbocycles. The summed E-state index contributed by atoms with van der Waals surface area (Å²) >= 11 is 0. The Morgan fingerprint density at radius 2 is 2.10 bits per heavy atom. The molecule has 0 bridgehead atoms. The first-order valence-electron chi connectivity index (χ1n) is 7.52. The Kier molecular flexibility index (Phi) is 4.13. The first-order valence-corrected chi connectivity index (χ1v) is 7.52.